The first-order chi connectivity index (χ1) is 13.4. The van der Waals surface area contributed by atoms with Crippen molar-refractivity contribution >= 4 is 11.9 Å². The predicted molar refractivity (Wildman–Crippen MR) is 117 cm³/mol. The van der Waals surface area contributed by atoms with Gasteiger partial charge in [-0.15, -0.1) is 0 Å². The third kappa shape index (κ3) is 7.40. The van der Waals surface area contributed by atoms with Crippen LogP contribution in [0, 0.1) is 10.8 Å². The fourth-order valence-corrected chi connectivity index (χ4v) is 4.91. The van der Waals surface area contributed by atoms with Gasteiger partial charge < -0.3 is 10.2 Å². The van der Waals surface area contributed by atoms with E-state index in [2.05, 4.69) is 6.92 Å². The molecule has 0 aromatic rings. The van der Waals surface area contributed by atoms with Gasteiger partial charge in [-0.05, 0) is 31.1 Å². The van der Waals surface area contributed by atoms with E-state index >= 15 is 0 Å². The SMILES string of the molecule is CCCCCCCCCCCCCCC(C(=O)O)(C(=O)O)C(CC)(CC)CC. The first-order valence-corrected chi connectivity index (χ1v) is 11.8. The maximum absolute atomic E-state index is 12.1. The van der Waals surface area contributed by atoms with Crippen LogP contribution in [0.4, 0.5) is 0 Å². The Morgan fingerprint density at radius 3 is 1.18 bits per heavy atom. The summed E-state index contributed by atoms with van der Waals surface area (Å²) in [5.41, 5.74) is -2.34. The van der Waals surface area contributed by atoms with Crippen molar-refractivity contribution in [3.05, 3.63) is 0 Å². The molecule has 0 fully saturated rings. The Hall–Kier alpha value is -1.06. The average molecular weight is 399 g/mol. The molecule has 0 aromatic carbocycles. The van der Waals surface area contributed by atoms with E-state index in [1.807, 2.05) is 20.8 Å². The molecule has 166 valence electrons. The van der Waals surface area contributed by atoms with E-state index in [-0.39, 0.29) is 6.42 Å². The maximum atomic E-state index is 12.1. The molecule has 0 aliphatic carbocycles. The maximum Gasteiger partial charge on any atom is 0.321 e. The van der Waals surface area contributed by atoms with Crippen LogP contribution in [0.3, 0.4) is 0 Å². The molecule has 2 N–H and O–H groups in total. The Morgan fingerprint density at radius 2 is 0.893 bits per heavy atom. The highest BCUT2D eigenvalue weighted by atomic mass is 16.4. The van der Waals surface area contributed by atoms with E-state index in [4.69, 9.17) is 0 Å². The van der Waals surface area contributed by atoms with Crippen molar-refractivity contribution in [2.45, 2.75) is 130 Å². The lowest BCUT2D eigenvalue weighted by molar-refractivity contribution is -0.179. The summed E-state index contributed by atoms with van der Waals surface area (Å²) in [7, 11) is 0. The van der Waals surface area contributed by atoms with E-state index in [9.17, 15) is 19.8 Å². The smallest absolute Gasteiger partial charge is 0.321 e. The van der Waals surface area contributed by atoms with Crippen molar-refractivity contribution in [1.29, 1.82) is 0 Å². The molecule has 0 aliphatic rings. The van der Waals surface area contributed by atoms with Gasteiger partial charge in [-0.2, -0.15) is 0 Å². The summed E-state index contributed by atoms with van der Waals surface area (Å²) in [5, 5.41) is 19.8. The molecular formula is C24H46O4. The molecule has 4 nitrogen and oxygen atoms in total. The number of hydrogen-bond donors (Lipinski definition) is 2. The Labute approximate surface area is 173 Å². The molecular weight excluding hydrogens is 352 g/mol. The fourth-order valence-electron chi connectivity index (χ4n) is 4.91. The molecule has 0 unspecified atom stereocenters. The van der Waals surface area contributed by atoms with Crippen LogP contribution < -0.4 is 0 Å². The van der Waals surface area contributed by atoms with E-state index in [0.717, 1.165) is 12.8 Å². The normalized spacial score (nSPS) is 12.3. The van der Waals surface area contributed by atoms with E-state index in [1.54, 1.807) is 0 Å². The number of carbonyl (C=O) groups is 2. The minimum atomic E-state index is -1.66. The Kier molecular flexibility index (Phi) is 14.3. The third-order valence-electron chi connectivity index (χ3n) is 7.07. The van der Waals surface area contributed by atoms with Crippen LogP contribution in [-0.2, 0) is 9.59 Å². The van der Waals surface area contributed by atoms with Gasteiger partial charge in [0, 0.05) is 0 Å². The van der Waals surface area contributed by atoms with E-state index < -0.39 is 22.8 Å². The van der Waals surface area contributed by atoms with E-state index in [1.165, 1.54) is 57.8 Å². The van der Waals surface area contributed by atoms with Gasteiger partial charge in [-0.3, -0.25) is 9.59 Å². The molecule has 0 heterocycles. The molecule has 0 aromatic heterocycles. The second-order valence-corrected chi connectivity index (χ2v) is 8.50. The van der Waals surface area contributed by atoms with Crippen molar-refractivity contribution in [3.8, 4) is 0 Å². The topological polar surface area (TPSA) is 74.6 Å². The van der Waals surface area contributed by atoms with Crippen molar-refractivity contribution < 1.29 is 19.8 Å². The molecule has 0 aliphatic heterocycles. The molecule has 0 bridgehead atoms. The third-order valence-corrected chi connectivity index (χ3v) is 7.07. The highest BCUT2D eigenvalue weighted by molar-refractivity contribution is 5.99. The van der Waals surface area contributed by atoms with Crippen LogP contribution in [0.1, 0.15) is 130 Å². The Bertz CT molecular complexity index is 404. The van der Waals surface area contributed by atoms with Crippen molar-refractivity contribution in [1.82, 2.24) is 0 Å². The molecule has 0 spiro atoms. The van der Waals surface area contributed by atoms with Crippen LogP contribution >= 0.6 is 0 Å². The summed E-state index contributed by atoms with van der Waals surface area (Å²) in [4.78, 5) is 24.3. The number of hydrogen-bond acceptors (Lipinski definition) is 2. The van der Waals surface area contributed by atoms with Crippen molar-refractivity contribution in [2.75, 3.05) is 0 Å². The Morgan fingerprint density at radius 1 is 0.571 bits per heavy atom. The van der Waals surface area contributed by atoms with Gasteiger partial charge in [0.15, 0.2) is 5.41 Å². The van der Waals surface area contributed by atoms with Crippen LogP contribution in [0.5, 0.6) is 0 Å². The zero-order chi connectivity index (χ0) is 21.5. The number of unbranched alkanes of at least 4 members (excludes halogenated alkanes) is 11. The average Bonchev–Trinajstić information content (AvgIpc) is 2.68. The number of carboxylic acids is 2. The zero-order valence-corrected chi connectivity index (χ0v) is 19.0. The summed E-state index contributed by atoms with van der Waals surface area (Å²) in [6.45, 7) is 8.02. The Balaban J connectivity index is 4.38. The highest BCUT2D eigenvalue weighted by Gasteiger charge is 2.59. The molecule has 0 radical (unpaired) electrons. The molecule has 0 saturated heterocycles. The lowest BCUT2D eigenvalue weighted by atomic mass is 9.57. The molecule has 4 heteroatoms. The van der Waals surface area contributed by atoms with Gasteiger partial charge in [-0.1, -0.05) is 105 Å². The molecule has 28 heavy (non-hydrogen) atoms. The van der Waals surface area contributed by atoms with Gasteiger partial charge in [-0.25, -0.2) is 0 Å². The summed E-state index contributed by atoms with van der Waals surface area (Å²) in [6.07, 6.45) is 16.4. The van der Waals surface area contributed by atoms with Crippen LogP contribution in [-0.4, -0.2) is 22.2 Å². The lowest BCUT2D eigenvalue weighted by Crippen LogP contribution is -2.53. The van der Waals surface area contributed by atoms with Gasteiger partial charge in [0.1, 0.15) is 0 Å². The second kappa shape index (κ2) is 14.9. The van der Waals surface area contributed by atoms with Gasteiger partial charge in [0.2, 0.25) is 0 Å². The summed E-state index contributed by atoms with van der Waals surface area (Å²) < 4.78 is 0. The largest absolute Gasteiger partial charge is 0.480 e. The summed E-state index contributed by atoms with van der Waals surface area (Å²) in [6, 6.07) is 0. The monoisotopic (exact) mass is 398 g/mol. The molecule has 0 atom stereocenters. The van der Waals surface area contributed by atoms with Crippen LogP contribution in [0.15, 0.2) is 0 Å². The second-order valence-electron chi connectivity index (χ2n) is 8.50. The van der Waals surface area contributed by atoms with Gasteiger partial charge in [0.05, 0.1) is 0 Å². The molecule has 0 amide bonds. The van der Waals surface area contributed by atoms with Gasteiger partial charge in [0.25, 0.3) is 0 Å². The first kappa shape index (κ1) is 26.9. The van der Waals surface area contributed by atoms with Gasteiger partial charge >= 0.3 is 11.9 Å². The minimum absolute atomic E-state index is 0.241. The molecule has 0 rings (SSSR count). The minimum Gasteiger partial charge on any atom is -0.480 e. The highest BCUT2D eigenvalue weighted by Crippen LogP contribution is 2.51. The predicted octanol–water partition coefficient (Wildman–Crippen LogP) is 7.45. The summed E-state index contributed by atoms with van der Waals surface area (Å²) in [5.74, 6) is -2.32. The van der Waals surface area contributed by atoms with Crippen LogP contribution in [0.2, 0.25) is 0 Å². The number of aliphatic carboxylic acids is 2. The quantitative estimate of drug-likeness (QED) is 0.175. The van der Waals surface area contributed by atoms with Crippen molar-refractivity contribution in [2.24, 2.45) is 10.8 Å². The number of rotatable bonds is 19. The van der Waals surface area contributed by atoms with Crippen molar-refractivity contribution in [3.63, 3.8) is 0 Å². The van der Waals surface area contributed by atoms with Crippen LogP contribution in [0.25, 0.3) is 0 Å². The molecule has 0 saturated carbocycles. The first-order valence-electron chi connectivity index (χ1n) is 11.8. The zero-order valence-electron chi connectivity index (χ0n) is 19.0. The standard InChI is InChI=1S/C24H46O4/c1-5-9-10-11-12-13-14-15-16-17-18-19-20-24(21(25)26,22(27)28)23(6-2,7-3)8-4/h5-20H2,1-4H3,(H,25,26)(H,27,28). The fraction of sp³-hybridized carbons (Fsp3) is 0.917. The lowest BCUT2D eigenvalue weighted by Gasteiger charge is -2.44. The summed E-state index contributed by atoms with van der Waals surface area (Å²) >= 11 is 0. The number of carboxylic acid groups (broad SMARTS) is 2. The van der Waals surface area contributed by atoms with E-state index in [0.29, 0.717) is 25.7 Å².